The highest BCUT2D eigenvalue weighted by molar-refractivity contribution is 5.36. The maximum absolute atomic E-state index is 5.42. The summed E-state index contributed by atoms with van der Waals surface area (Å²) in [7, 11) is 0. The summed E-state index contributed by atoms with van der Waals surface area (Å²) >= 11 is 0. The topological polar surface area (TPSA) is 21.3 Å². The lowest BCUT2D eigenvalue weighted by molar-refractivity contribution is 0.194. The van der Waals surface area contributed by atoms with Gasteiger partial charge in [-0.05, 0) is 23.1 Å². The second-order valence-electron chi connectivity index (χ2n) is 4.19. The Hall–Kier alpha value is -0.860. The lowest BCUT2D eigenvalue weighted by atomic mass is 9.95. The van der Waals surface area contributed by atoms with Crippen molar-refractivity contribution in [1.82, 2.24) is 5.32 Å². The van der Waals surface area contributed by atoms with Gasteiger partial charge in [0.2, 0.25) is 0 Å². The first-order valence-corrected chi connectivity index (χ1v) is 5.33. The van der Waals surface area contributed by atoms with Crippen molar-refractivity contribution >= 4 is 0 Å². The van der Waals surface area contributed by atoms with Gasteiger partial charge in [0, 0.05) is 25.6 Å². The van der Waals surface area contributed by atoms with Crippen LogP contribution in [0.4, 0.5) is 0 Å². The number of hydrogen-bond acceptors (Lipinski definition) is 2. The summed E-state index contributed by atoms with van der Waals surface area (Å²) in [6, 6.07) is 6.89. The molecule has 0 amide bonds. The quantitative estimate of drug-likeness (QED) is 0.727. The fourth-order valence-corrected chi connectivity index (χ4v) is 2.37. The van der Waals surface area contributed by atoms with E-state index in [-0.39, 0.29) is 0 Å². The van der Waals surface area contributed by atoms with Gasteiger partial charge in [-0.15, -0.1) is 0 Å². The molecular weight excluding hydrogens is 174 g/mol. The molecule has 0 aromatic heterocycles. The highest BCUT2D eigenvalue weighted by Crippen LogP contribution is 2.28. The van der Waals surface area contributed by atoms with Crippen molar-refractivity contribution < 1.29 is 4.74 Å². The van der Waals surface area contributed by atoms with E-state index in [9.17, 15) is 0 Å². The molecule has 2 aliphatic rings. The Bertz CT molecular complexity index is 342. The van der Waals surface area contributed by atoms with Crippen LogP contribution in [0.25, 0.3) is 0 Å². The zero-order valence-electron chi connectivity index (χ0n) is 8.25. The summed E-state index contributed by atoms with van der Waals surface area (Å²) < 4.78 is 5.42. The van der Waals surface area contributed by atoms with Crippen LogP contribution in [0.3, 0.4) is 0 Å². The molecule has 14 heavy (non-hydrogen) atoms. The predicted molar refractivity (Wildman–Crippen MR) is 55.2 cm³/mol. The van der Waals surface area contributed by atoms with Crippen LogP contribution in [0.5, 0.6) is 0 Å². The zero-order chi connectivity index (χ0) is 9.38. The number of nitrogens with one attached hydrogen (secondary N) is 1. The summed E-state index contributed by atoms with van der Waals surface area (Å²) in [5.41, 5.74) is 4.41. The van der Waals surface area contributed by atoms with Gasteiger partial charge in [-0.1, -0.05) is 18.2 Å². The van der Waals surface area contributed by atoms with Gasteiger partial charge in [-0.3, -0.25) is 0 Å². The van der Waals surface area contributed by atoms with Crippen LogP contribution in [0.15, 0.2) is 18.2 Å². The first-order valence-electron chi connectivity index (χ1n) is 5.33. The van der Waals surface area contributed by atoms with Crippen molar-refractivity contribution in [3.05, 3.63) is 34.9 Å². The third-order valence-corrected chi connectivity index (χ3v) is 3.26. The van der Waals surface area contributed by atoms with E-state index in [2.05, 4.69) is 23.5 Å². The lowest BCUT2D eigenvalue weighted by Gasteiger charge is -2.09. The molecule has 0 spiro atoms. The molecule has 74 valence electrons. The van der Waals surface area contributed by atoms with Crippen molar-refractivity contribution in [2.24, 2.45) is 0 Å². The first kappa shape index (κ1) is 8.45. The molecule has 2 nitrogen and oxygen atoms in total. The molecule has 1 unspecified atom stereocenters. The minimum atomic E-state index is 0.640. The average molecular weight is 189 g/mol. The molecule has 1 saturated heterocycles. The van der Waals surface area contributed by atoms with Crippen molar-refractivity contribution in [1.29, 1.82) is 0 Å². The highest BCUT2D eigenvalue weighted by atomic mass is 16.5. The normalized spacial score (nSPS) is 25.3. The predicted octanol–water partition coefficient (Wildman–Crippen LogP) is 1.79. The van der Waals surface area contributed by atoms with Crippen LogP contribution in [-0.2, 0) is 17.8 Å². The molecule has 1 atom stereocenters. The molecule has 1 aromatic rings. The van der Waals surface area contributed by atoms with Crippen molar-refractivity contribution in [2.45, 2.75) is 25.4 Å². The van der Waals surface area contributed by atoms with Crippen molar-refractivity contribution in [3.8, 4) is 0 Å². The van der Waals surface area contributed by atoms with Crippen LogP contribution in [0.2, 0.25) is 0 Å². The molecular formula is C12H15NO. The Labute approximate surface area is 84.3 Å². The minimum Gasteiger partial charge on any atom is -0.381 e. The van der Waals surface area contributed by atoms with Gasteiger partial charge in [0.1, 0.15) is 0 Å². The molecule has 0 bridgehead atoms. The SMILES string of the molecule is c1cc2c(cc1C1CCOC1)CNC2. The standard InChI is InChI=1S/C12H15NO/c1-2-10-6-13-7-12(10)5-9(1)11-3-4-14-8-11/h1-2,5,11,13H,3-4,6-8H2. The molecule has 1 N–H and O–H groups in total. The van der Waals surface area contributed by atoms with E-state index in [0.29, 0.717) is 5.92 Å². The summed E-state index contributed by atoms with van der Waals surface area (Å²) in [6.45, 7) is 3.92. The fourth-order valence-electron chi connectivity index (χ4n) is 2.37. The number of ether oxygens (including phenoxy) is 1. The molecule has 2 aliphatic heterocycles. The smallest absolute Gasteiger partial charge is 0.0535 e. The van der Waals surface area contributed by atoms with Crippen LogP contribution >= 0.6 is 0 Å². The van der Waals surface area contributed by atoms with Gasteiger partial charge >= 0.3 is 0 Å². The van der Waals surface area contributed by atoms with Crippen LogP contribution in [-0.4, -0.2) is 13.2 Å². The van der Waals surface area contributed by atoms with E-state index in [4.69, 9.17) is 4.74 Å². The molecule has 0 radical (unpaired) electrons. The summed E-state index contributed by atoms with van der Waals surface area (Å²) in [5, 5.41) is 3.37. The van der Waals surface area contributed by atoms with Gasteiger partial charge in [-0.2, -0.15) is 0 Å². The monoisotopic (exact) mass is 189 g/mol. The third-order valence-electron chi connectivity index (χ3n) is 3.26. The van der Waals surface area contributed by atoms with Crippen molar-refractivity contribution in [3.63, 3.8) is 0 Å². The van der Waals surface area contributed by atoms with Gasteiger partial charge in [0.05, 0.1) is 6.61 Å². The van der Waals surface area contributed by atoms with Gasteiger partial charge in [-0.25, -0.2) is 0 Å². The number of benzene rings is 1. The Morgan fingerprint density at radius 1 is 1.21 bits per heavy atom. The largest absolute Gasteiger partial charge is 0.381 e. The number of fused-ring (bicyclic) bond motifs is 1. The number of hydrogen-bond donors (Lipinski definition) is 1. The van der Waals surface area contributed by atoms with Crippen LogP contribution < -0.4 is 5.32 Å². The first-order chi connectivity index (χ1) is 6.93. The van der Waals surface area contributed by atoms with Crippen molar-refractivity contribution in [2.75, 3.05) is 13.2 Å². The van der Waals surface area contributed by atoms with E-state index in [1.807, 2.05) is 0 Å². The maximum Gasteiger partial charge on any atom is 0.0535 e. The molecule has 0 saturated carbocycles. The maximum atomic E-state index is 5.42. The van der Waals surface area contributed by atoms with E-state index in [1.54, 1.807) is 0 Å². The van der Waals surface area contributed by atoms with E-state index in [0.717, 1.165) is 26.3 Å². The minimum absolute atomic E-state index is 0.640. The molecule has 3 rings (SSSR count). The summed E-state index contributed by atoms with van der Waals surface area (Å²) in [5.74, 6) is 0.640. The fraction of sp³-hybridized carbons (Fsp3) is 0.500. The second kappa shape index (κ2) is 3.37. The van der Waals surface area contributed by atoms with Crippen LogP contribution in [0, 0.1) is 0 Å². The van der Waals surface area contributed by atoms with E-state index < -0.39 is 0 Å². The Morgan fingerprint density at radius 2 is 2.14 bits per heavy atom. The van der Waals surface area contributed by atoms with Gasteiger partial charge < -0.3 is 10.1 Å². The Morgan fingerprint density at radius 3 is 3.00 bits per heavy atom. The average Bonchev–Trinajstić information content (AvgIpc) is 2.88. The van der Waals surface area contributed by atoms with E-state index in [1.165, 1.54) is 23.1 Å². The summed E-state index contributed by atoms with van der Waals surface area (Å²) in [6.07, 6.45) is 1.19. The molecule has 1 aromatic carbocycles. The molecule has 2 heteroatoms. The Kier molecular flexibility index (Phi) is 2.03. The molecule has 1 fully saturated rings. The van der Waals surface area contributed by atoms with E-state index >= 15 is 0 Å². The van der Waals surface area contributed by atoms with Crippen LogP contribution in [0.1, 0.15) is 29.0 Å². The third kappa shape index (κ3) is 1.35. The molecule has 0 aliphatic carbocycles. The lowest BCUT2D eigenvalue weighted by Crippen LogP contribution is -2.00. The number of rotatable bonds is 1. The van der Waals surface area contributed by atoms with Gasteiger partial charge in [0.25, 0.3) is 0 Å². The highest BCUT2D eigenvalue weighted by Gasteiger charge is 2.19. The second-order valence-corrected chi connectivity index (χ2v) is 4.19. The Balaban J connectivity index is 1.91. The summed E-state index contributed by atoms with van der Waals surface area (Å²) in [4.78, 5) is 0. The zero-order valence-corrected chi connectivity index (χ0v) is 8.25. The molecule has 2 heterocycles. The van der Waals surface area contributed by atoms with Gasteiger partial charge in [0.15, 0.2) is 0 Å².